The molecule has 4 rings (SSSR count). The van der Waals surface area contributed by atoms with E-state index in [-0.39, 0.29) is 0 Å². The van der Waals surface area contributed by atoms with Crippen LogP contribution in [-0.4, -0.2) is 4.98 Å². The minimum Gasteiger partial charge on any atom is -0.256 e. The molecule has 3 aromatic rings. The molecule has 0 saturated heterocycles. The van der Waals surface area contributed by atoms with Crippen molar-refractivity contribution < 1.29 is 0 Å². The van der Waals surface area contributed by atoms with Gasteiger partial charge in [0, 0.05) is 18.2 Å². The summed E-state index contributed by atoms with van der Waals surface area (Å²) in [5.74, 6) is 0. The SMILES string of the molecule is c1ccc(-c2cc3c(cn2)Cc2ccccc2-3)cc1. The lowest BCUT2D eigenvalue weighted by atomic mass is 10.0. The normalized spacial score (nSPS) is 12.0. The Labute approximate surface area is 112 Å². The van der Waals surface area contributed by atoms with Crippen molar-refractivity contribution in [3.63, 3.8) is 0 Å². The van der Waals surface area contributed by atoms with Gasteiger partial charge >= 0.3 is 0 Å². The molecule has 0 radical (unpaired) electrons. The van der Waals surface area contributed by atoms with E-state index in [2.05, 4.69) is 59.6 Å². The monoisotopic (exact) mass is 243 g/mol. The minimum atomic E-state index is 1.01. The van der Waals surface area contributed by atoms with Gasteiger partial charge in [0.2, 0.25) is 0 Å². The quantitative estimate of drug-likeness (QED) is 0.485. The molecule has 1 heteroatoms. The Morgan fingerprint density at radius 3 is 2.42 bits per heavy atom. The molecule has 0 bridgehead atoms. The number of hydrogen-bond donors (Lipinski definition) is 0. The maximum absolute atomic E-state index is 4.60. The van der Waals surface area contributed by atoms with Gasteiger partial charge in [-0.05, 0) is 28.3 Å². The number of fused-ring (bicyclic) bond motifs is 3. The van der Waals surface area contributed by atoms with Crippen molar-refractivity contribution >= 4 is 0 Å². The molecule has 0 aliphatic heterocycles. The molecular weight excluding hydrogens is 230 g/mol. The maximum atomic E-state index is 4.60. The Bertz CT molecular complexity index is 745. The van der Waals surface area contributed by atoms with E-state index < -0.39 is 0 Å². The summed E-state index contributed by atoms with van der Waals surface area (Å²) in [6.07, 6.45) is 3.03. The Morgan fingerprint density at radius 2 is 1.53 bits per heavy atom. The third-order valence-electron chi connectivity index (χ3n) is 3.74. The average molecular weight is 243 g/mol. The summed E-state index contributed by atoms with van der Waals surface area (Å²) in [5, 5.41) is 0. The van der Waals surface area contributed by atoms with Crippen molar-refractivity contribution in [2.75, 3.05) is 0 Å². The number of aromatic nitrogens is 1. The summed E-state index contributed by atoms with van der Waals surface area (Å²) >= 11 is 0. The van der Waals surface area contributed by atoms with Crippen LogP contribution in [0.15, 0.2) is 66.9 Å². The average Bonchev–Trinajstić information content (AvgIpc) is 2.86. The van der Waals surface area contributed by atoms with Gasteiger partial charge in [-0.25, -0.2) is 0 Å². The highest BCUT2D eigenvalue weighted by molar-refractivity contribution is 5.79. The molecule has 0 amide bonds. The van der Waals surface area contributed by atoms with Crippen molar-refractivity contribution in [1.29, 1.82) is 0 Å². The van der Waals surface area contributed by atoms with E-state index in [0.29, 0.717) is 0 Å². The molecule has 2 aromatic carbocycles. The molecule has 19 heavy (non-hydrogen) atoms. The Morgan fingerprint density at radius 1 is 0.737 bits per heavy atom. The molecule has 0 unspecified atom stereocenters. The van der Waals surface area contributed by atoms with E-state index in [1.54, 1.807) is 0 Å². The fourth-order valence-electron chi connectivity index (χ4n) is 2.78. The van der Waals surface area contributed by atoms with Crippen LogP contribution < -0.4 is 0 Å². The van der Waals surface area contributed by atoms with E-state index in [9.17, 15) is 0 Å². The Kier molecular flexibility index (Phi) is 2.25. The molecule has 0 fully saturated rings. The summed E-state index contributed by atoms with van der Waals surface area (Å²) in [6.45, 7) is 0. The molecule has 1 aromatic heterocycles. The third-order valence-corrected chi connectivity index (χ3v) is 3.74. The first kappa shape index (κ1) is 10.5. The van der Waals surface area contributed by atoms with Crippen LogP contribution in [0.4, 0.5) is 0 Å². The maximum Gasteiger partial charge on any atom is 0.0708 e. The molecule has 1 aliphatic carbocycles. The molecule has 90 valence electrons. The van der Waals surface area contributed by atoms with Gasteiger partial charge in [-0.15, -0.1) is 0 Å². The van der Waals surface area contributed by atoms with Crippen LogP contribution in [-0.2, 0) is 6.42 Å². The van der Waals surface area contributed by atoms with Crippen LogP contribution in [0.5, 0.6) is 0 Å². The summed E-state index contributed by atoms with van der Waals surface area (Å²) in [7, 11) is 0. The van der Waals surface area contributed by atoms with Crippen molar-refractivity contribution in [1.82, 2.24) is 4.98 Å². The van der Waals surface area contributed by atoms with Gasteiger partial charge in [0.1, 0.15) is 0 Å². The van der Waals surface area contributed by atoms with Crippen molar-refractivity contribution in [3.05, 3.63) is 78.0 Å². The van der Waals surface area contributed by atoms with Gasteiger partial charge in [0.15, 0.2) is 0 Å². The molecule has 0 spiro atoms. The van der Waals surface area contributed by atoms with E-state index in [1.807, 2.05) is 12.3 Å². The minimum absolute atomic E-state index is 1.01. The van der Waals surface area contributed by atoms with E-state index >= 15 is 0 Å². The highest BCUT2D eigenvalue weighted by Crippen LogP contribution is 2.37. The topological polar surface area (TPSA) is 12.9 Å². The summed E-state index contributed by atoms with van der Waals surface area (Å²) < 4.78 is 0. The smallest absolute Gasteiger partial charge is 0.0708 e. The first-order chi connectivity index (χ1) is 9.42. The lowest BCUT2D eigenvalue weighted by Crippen LogP contribution is -1.87. The molecule has 1 heterocycles. The van der Waals surface area contributed by atoms with Gasteiger partial charge in [0.25, 0.3) is 0 Å². The van der Waals surface area contributed by atoms with Crippen LogP contribution >= 0.6 is 0 Å². The number of pyridine rings is 1. The molecule has 0 atom stereocenters. The van der Waals surface area contributed by atoms with Crippen LogP contribution in [0.1, 0.15) is 11.1 Å². The summed E-state index contributed by atoms with van der Waals surface area (Å²) in [4.78, 5) is 4.60. The van der Waals surface area contributed by atoms with E-state index in [0.717, 1.165) is 12.1 Å². The predicted octanol–water partition coefficient (Wildman–Crippen LogP) is 4.32. The second-order valence-electron chi connectivity index (χ2n) is 4.93. The lowest BCUT2D eigenvalue weighted by Gasteiger charge is -2.05. The molecule has 0 N–H and O–H groups in total. The van der Waals surface area contributed by atoms with Gasteiger partial charge < -0.3 is 0 Å². The van der Waals surface area contributed by atoms with Crippen molar-refractivity contribution in [2.45, 2.75) is 6.42 Å². The fourth-order valence-corrected chi connectivity index (χ4v) is 2.78. The van der Waals surface area contributed by atoms with Gasteiger partial charge in [-0.2, -0.15) is 0 Å². The number of hydrogen-bond acceptors (Lipinski definition) is 1. The highest BCUT2D eigenvalue weighted by Gasteiger charge is 2.18. The first-order valence-electron chi connectivity index (χ1n) is 6.54. The molecule has 0 saturated carbocycles. The zero-order valence-electron chi connectivity index (χ0n) is 10.5. The predicted molar refractivity (Wildman–Crippen MR) is 77.9 cm³/mol. The van der Waals surface area contributed by atoms with Gasteiger partial charge in [-0.1, -0.05) is 54.6 Å². The van der Waals surface area contributed by atoms with Crippen LogP contribution in [0.2, 0.25) is 0 Å². The molecule has 1 nitrogen and oxygen atoms in total. The lowest BCUT2D eigenvalue weighted by molar-refractivity contribution is 1.20. The van der Waals surface area contributed by atoms with E-state index in [4.69, 9.17) is 0 Å². The number of rotatable bonds is 1. The largest absolute Gasteiger partial charge is 0.256 e. The first-order valence-corrected chi connectivity index (χ1v) is 6.54. The van der Waals surface area contributed by atoms with E-state index in [1.165, 1.54) is 27.8 Å². The summed E-state index contributed by atoms with van der Waals surface area (Å²) in [6, 6.07) is 21.2. The highest BCUT2D eigenvalue weighted by atomic mass is 14.7. The van der Waals surface area contributed by atoms with Crippen LogP contribution in [0.3, 0.4) is 0 Å². The van der Waals surface area contributed by atoms with Gasteiger partial charge in [-0.3, -0.25) is 4.98 Å². The van der Waals surface area contributed by atoms with Crippen LogP contribution in [0, 0.1) is 0 Å². The van der Waals surface area contributed by atoms with Crippen molar-refractivity contribution in [2.24, 2.45) is 0 Å². The third kappa shape index (κ3) is 1.66. The second-order valence-corrected chi connectivity index (χ2v) is 4.93. The van der Waals surface area contributed by atoms with Gasteiger partial charge in [0.05, 0.1) is 5.69 Å². The van der Waals surface area contributed by atoms with Crippen molar-refractivity contribution in [3.8, 4) is 22.4 Å². The molecular formula is C18H13N. The van der Waals surface area contributed by atoms with Crippen LogP contribution in [0.25, 0.3) is 22.4 Å². The fraction of sp³-hybridized carbons (Fsp3) is 0.0556. The molecule has 1 aliphatic rings. The number of benzene rings is 2. The standard InChI is InChI=1S/C18H13N/c1-2-6-13(7-3-1)18-11-17-15(12-19-18)10-14-8-4-5-9-16(14)17/h1-9,11-12H,10H2. The zero-order chi connectivity index (χ0) is 12.7. The Balaban J connectivity index is 1.89. The Hall–Kier alpha value is -2.41. The summed E-state index contributed by atoms with van der Waals surface area (Å²) in [5.41, 5.74) is 7.66. The number of nitrogens with zero attached hydrogens (tertiary/aromatic N) is 1. The second kappa shape index (κ2) is 4.06. The zero-order valence-corrected chi connectivity index (χ0v) is 10.5.